The maximum absolute atomic E-state index is 5.13. The molecule has 0 aliphatic rings. The smallest absolute Gasteiger partial charge is 0.0949 e. The minimum atomic E-state index is 0.658. The third kappa shape index (κ3) is 17.9. The summed E-state index contributed by atoms with van der Waals surface area (Å²) in [7, 11) is 4.07. The summed E-state index contributed by atoms with van der Waals surface area (Å²) in [5.74, 6) is 0. The van der Waals surface area contributed by atoms with Crippen molar-refractivity contribution in [3.8, 4) is 0 Å². The number of hydrogen-bond acceptors (Lipinski definition) is 3. The van der Waals surface area contributed by atoms with Crippen LogP contribution < -0.4 is 0 Å². The molecule has 3 heteroatoms. The lowest BCUT2D eigenvalue weighted by molar-refractivity contribution is -0.295. The van der Waals surface area contributed by atoms with Crippen molar-refractivity contribution >= 4 is 0 Å². The number of nitrogens with zero attached hydrogens (tertiary/aromatic N) is 1. The standard InChI is InChI=1S/C16H35NO2/c1-4-5-6-7-8-9-10-11-12-13-15-18-19-16-14-17(2)3/h4-16H2,1-3H3. The average Bonchev–Trinajstić information content (AvgIpc) is 2.39. The SMILES string of the molecule is CCCCCCCCCCCCOOCCN(C)C. The summed E-state index contributed by atoms with van der Waals surface area (Å²) in [6, 6.07) is 0. The Morgan fingerprint density at radius 3 is 1.63 bits per heavy atom. The van der Waals surface area contributed by atoms with E-state index in [2.05, 4.69) is 11.8 Å². The highest BCUT2D eigenvalue weighted by molar-refractivity contribution is 4.47. The zero-order valence-electron chi connectivity index (χ0n) is 13.5. The van der Waals surface area contributed by atoms with Gasteiger partial charge in [0.25, 0.3) is 0 Å². The highest BCUT2D eigenvalue weighted by atomic mass is 17.2. The maximum atomic E-state index is 5.13. The fraction of sp³-hybridized carbons (Fsp3) is 1.00. The van der Waals surface area contributed by atoms with Crippen LogP contribution in [0, 0.1) is 0 Å². The number of rotatable bonds is 15. The lowest BCUT2D eigenvalue weighted by atomic mass is 10.1. The van der Waals surface area contributed by atoms with Gasteiger partial charge in [-0.05, 0) is 20.5 Å². The molecule has 0 N–H and O–H groups in total. The highest BCUT2D eigenvalue weighted by Gasteiger charge is 1.94. The third-order valence-electron chi connectivity index (χ3n) is 3.29. The van der Waals surface area contributed by atoms with Crippen LogP contribution in [0.4, 0.5) is 0 Å². The van der Waals surface area contributed by atoms with E-state index in [-0.39, 0.29) is 0 Å². The van der Waals surface area contributed by atoms with Crippen LogP contribution in [-0.2, 0) is 9.78 Å². The number of likely N-dealkylation sites (N-methyl/N-ethyl adjacent to an activating group) is 1. The van der Waals surface area contributed by atoms with Gasteiger partial charge in [-0.1, -0.05) is 64.7 Å². The van der Waals surface area contributed by atoms with E-state index >= 15 is 0 Å². The summed E-state index contributed by atoms with van der Waals surface area (Å²) in [4.78, 5) is 12.3. The number of unbranched alkanes of at least 4 members (excludes halogenated alkanes) is 9. The second-order valence-corrected chi connectivity index (χ2v) is 5.63. The van der Waals surface area contributed by atoms with Crippen molar-refractivity contribution in [3.05, 3.63) is 0 Å². The fourth-order valence-electron chi connectivity index (χ4n) is 1.99. The topological polar surface area (TPSA) is 21.7 Å². The molecule has 0 aliphatic carbocycles. The van der Waals surface area contributed by atoms with Crippen molar-refractivity contribution in [1.82, 2.24) is 4.90 Å². The average molecular weight is 273 g/mol. The fourth-order valence-corrected chi connectivity index (χ4v) is 1.99. The molecular weight excluding hydrogens is 238 g/mol. The van der Waals surface area contributed by atoms with Crippen LogP contribution in [0.3, 0.4) is 0 Å². The molecule has 0 atom stereocenters. The van der Waals surface area contributed by atoms with Crippen molar-refractivity contribution in [1.29, 1.82) is 0 Å². The Morgan fingerprint density at radius 1 is 0.632 bits per heavy atom. The minimum Gasteiger partial charge on any atom is -0.307 e. The number of hydrogen-bond donors (Lipinski definition) is 0. The first-order valence-electron chi connectivity index (χ1n) is 8.16. The van der Waals surface area contributed by atoms with Gasteiger partial charge in [0.05, 0.1) is 13.2 Å². The minimum absolute atomic E-state index is 0.658. The van der Waals surface area contributed by atoms with Gasteiger partial charge in [0.15, 0.2) is 0 Å². The van der Waals surface area contributed by atoms with E-state index < -0.39 is 0 Å². The summed E-state index contributed by atoms with van der Waals surface area (Å²) in [6.45, 7) is 4.58. The molecular formula is C16H35NO2. The van der Waals surface area contributed by atoms with Crippen molar-refractivity contribution < 1.29 is 9.78 Å². The monoisotopic (exact) mass is 273 g/mol. The van der Waals surface area contributed by atoms with Gasteiger partial charge < -0.3 is 4.90 Å². The molecule has 0 aliphatic heterocycles. The molecule has 0 unspecified atom stereocenters. The summed E-state index contributed by atoms with van der Waals surface area (Å²) >= 11 is 0. The Morgan fingerprint density at radius 2 is 1.11 bits per heavy atom. The summed E-state index contributed by atoms with van der Waals surface area (Å²) in [6.07, 6.45) is 13.5. The molecule has 0 heterocycles. The van der Waals surface area contributed by atoms with Crippen LogP contribution in [0.15, 0.2) is 0 Å². The van der Waals surface area contributed by atoms with Gasteiger partial charge in [0.1, 0.15) is 0 Å². The zero-order chi connectivity index (χ0) is 14.2. The van der Waals surface area contributed by atoms with E-state index in [1.807, 2.05) is 14.1 Å². The van der Waals surface area contributed by atoms with Gasteiger partial charge in [-0.3, -0.25) is 0 Å². The molecule has 0 aromatic heterocycles. The van der Waals surface area contributed by atoms with Gasteiger partial charge in [0.2, 0.25) is 0 Å². The lowest BCUT2D eigenvalue weighted by Crippen LogP contribution is -2.18. The molecule has 0 aromatic rings. The Hall–Kier alpha value is -0.120. The Labute approximate surface area is 120 Å². The predicted molar refractivity (Wildman–Crippen MR) is 82.3 cm³/mol. The van der Waals surface area contributed by atoms with Crippen LogP contribution in [-0.4, -0.2) is 38.8 Å². The molecule has 0 fully saturated rings. The van der Waals surface area contributed by atoms with Crippen LogP contribution in [0.1, 0.15) is 71.1 Å². The van der Waals surface area contributed by atoms with Crippen LogP contribution in [0.25, 0.3) is 0 Å². The van der Waals surface area contributed by atoms with Crippen LogP contribution >= 0.6 is 0 Å². The van der Waals surface area contributed by atoms with Crippen LogP contribution in [0.2, 0.25) is 0 Å². The van der Waals surface area contributed by atoms with Crippen molar-refractivity contribution in [2.45, 2.75) is 71.1 Å². The first kappa shape index (κ1) is 18.9. The van der Waals surface area contributed by atoms with E-state index in [1.165, 1.54) is 57.8 Å². The van der Waals surface area contributed by atoms with Crippen molar-refractivity contribution in [2.24, 2.45) is 0 Å². The molecule has 19 heavy (non-hydrogen) atoms. The van der Waals surface area contributed by atoms with E-state index in [9.17, 15) is 0 Å². The quantitative estimate of drug-likeness (QED) is 0.250. The Balaban J connectivity index is 2.91. The maximum Gasteiger partial charge on any atom is 0.0949 e. The summed E-state index contributed by atoms with van der Waals surface area (Å²) in [5.41, 5.74) is 0. The van der Waals surface area contributed by atoms with Crippen molar-refractivity contribution in [3.63, 3.8) is 0 Å². The Bertz CT molecular complexity index is 163. The lowest BCUT2D eigenvalue weighted by Gasteiger charge is -2.09. The van der Waals surface area contributed by atoms with Gasteiger partial charge in [0, 0.05) is 6.54 Å². The molecule has 0 saturated carbocycles. The summed E-state index contributed by atoms with van der Waals surface area (Å²) in [5, 5.41) is 0. The van der Waals surface area contributed by atoms with E-state index in [0.29, 0.717) is 6.61 Å². The predicted octanol–water partition coefficient (Wildman–Crippen LogP) is 4.42. The highest BCUT2D eigenvalue weighted by Crippen LogP contribution is 2.10. The molecule has 0 radical (unpaired) electrons. The molecule has 0 saturated heterocycles. The normalized spacial score (nSPS) is 11.4. The molecule has 116 valence electrons. The first-order valence-corrected chi connectivity index (χ1v) is 8.16. The van der Waals surface area contributed by atoms with Gasteiger partial charge >= 0.3 is 0 Å². The van der Waals surface area contributed by atoms with E-state index in [4.69, 9.17) is 9.78 Å². The van der Waals surface area contributed by atoms with Gasteiger partial charge in [-0.2, -0.15) is 0 Å². The summed E-state index contributed by atoms with van der Waals surface area (Å²) < 4.78 is 0. The van der Waals surface area contributed by atoms with E-state index in [0.717, 1.165) is 19.6 Å². The molecule has 0 aromatic carbocycles. The second kappa shape index (κ2) is 15.9. The van der Waals surface area contributed by atoms with Crippen LogP contribution in [0.5, 0.6) is 0 Å². The largest absolute Gasteiger partial charge is 0.307 e. The third-order valence-corrected chi connectivity index (χ3v) is 3.29. The molecule has 0 bridgehead atoms. The van der Waals surface area contributed by atoms with E-state index in [1.54, 1.807) is 0 Å². The van der Waals surface area contributed by atoms with Gasteiger partial charge in [-0.25, -0.2) is 9.78 Å². The first-order chi connectivity index (χ1) is 9.27. The second-order valence-electron chi connectivity index (χ2n) is 5.63. The zero-order valence-corrected chi connectivity index (χ0v) is 13.5. The molecule has 0 amide bonds. The molecule has 0 rings (SSSR count). The molecule has 0 spiro atoms. The Kier molecular flexibility index (Phi) is 15.8. The van der Waals surface area contributed by atoms with Crippen molar-refractivity contribution in [2.75, 3.05) is 33.9 Å². The molecule has 3 nitrogen and oxygen atoms in total. The van der Waals surface area contributed by atoms with Gasteiger partial charge in [-0.15, -0.1) is 0 Å².